The number of aliphatic hydroxyl groups excluding tert-OH is 1. The summed E-state index contributed by atoms with van der Waals surface area (Å²) in [5.74, 6) is 0.395. The summed E-state index contributed by atoms with van der Waals surface area (Å²) >= 11 is 0. The van der Waals surface area contributed by atoms with Gasteiger partial charge in [0.2, 0.25) is 0 Å². The number of carbonyl (C=O) groups excluding carboxylic acids is 1. The first kappa shape index (κ1) is 19.9. The zero-order valence-corrected chi connectivity index (χ0v) is 15.2. The predicted octanol–water partition coefficient (Wildman–Crippen LogP) is 2.54. The van der Waals surface area contributed by atoms with Gasteiger partial charge in [-0.2, -0.15) is 0 Å². The van der Waals surface area contributed by atoms with E-state index >= 15 is 0 Å². The van der Waals surface area contributed by atoms with Crippen LogP contribution in [0.15, 0.2) is 54.6 Å². The Morgan fingerprint density at radius 3 is 2.50 bits per heavy atom. The SMILES string of the molecule is CCOC(=O)COc1ccc(CCNCC(CO)c2ccccc2)cc1. The molecule has 1 atom stereocenters. The van der Waals surface area contributed by atoms with Crippen LogP contribution in [-0.2, 0) is 16.0 Å². The predicted molar refractivity (Wildman–Crippen MR) is 101 cm³/mol. The minimum atomic E-state index is -0.363. The van der Waals surface area contributed by atoms with Crippen LogP contribution >= 0.6 is 0 Å². The Labute approximate surface area is 155 Å². The van der Waals surface area contributed by atoms with Gasteiger partial charge in [-0.05, 0) is 43.1 Å². The summed E-state index contributed by atoms with van der Waals surface area (Å²) in [6, 6.07) is 17.7. The van der Waals surface area contributed by atoms with Crippen molar-refractivity contribution in [3.8, 4) is 5.75 Å². The Hall–Kier alpha value is -2.37. The van der Waals surface area contributed by atoms with Gasteiger partial charge in [0.25, 0.3) is 0 Å². The maximum Gasteiger partial charge on any atom is 0.344 e. The second-order valence-electron chi connectivity index (χ2n) is 5.98. The molecule has 0 fully saturated rings. The second-order valence-corrected chi connectivity index (χ2v) is 5.98. The Kier molecular flexibility index (Phi) is 8.66. The first-order valence-corrected chi connectivity index (χ1v) is 8.96. The van der Waals surface area contributed by atoms with Crippen LogP contribution in [0.1, 0.15) is 24.0 Å². The van der Waals surface area contributed by atoms with Gasteiger partial charge in [0, 0.05) is 12.5 Å². The Balaban J connectivity index is 1.70. The summed E-state index contributed by atoms with van der Waals surface area (Å²) in [6.45, 7) is 3.74. The van der Waals surface area contributed by atoms with Gasteiger partial charge in [0.05, 0.1) is 13.2 Å². The summed E-state index contributed by atoms with van der Waals surface area (Å²) in [5, 5.41) is 13.0. The van der Waals surface area contributed by atoms with Gasteiger partial charge in [-0.25, -0.2) is 4.79 Å². The van der Waals surface area contributed by atoms with Gasteiger partial charge in [-0.3, -0.25) is 0 Å². The molecule has 2 aromatic carbocycles. The molecular formula is C21H27NO4. The van der Waals surface area contributed by atoms with Crippen molar-refractivity contribution < 1.29 is 19.4 Å². The summed E-state index contributed by atoms with van der Waals surface area (Å²) in [4.78, 5) is 11.3. The average molecular weight is 357 g/mol. The molecule has 1 unspecified atom stereocenters. The standard InChI is InChI=1S/C21H27NO4/c1-2-25-21(24)16-26-20-10-8-17(9-11-20)12-13-22-14-19(15-23)18-6-4-3-5-7-18/h3-11,19,22-23H,2,12-16H2,1H3. The molecule has 0 aliphatic carbocycles. The normalized spacial score (nSPS) is 11.8. The van der Waals surface area contributed by atoms with E-state index in [-0.39, 0.29) is 25.1 Å². The molecular weight excluding hydrogens is 330 g/mol. The second kappa shape index (κ2) is 11.3. The van der Waals surface area contributed by atoms with E-state index in [1.807, 2.05) is 54.6 Å². The minimum Gasteiger partial charge on any atom is -0.482 e. The fourth-order valence-electron chi connectivity index (χ4n) is 2.62. The highest BCUT2D eigenvalue weighted by Crippen LogP contribution is 2.14. The number of rotatable bonds is 11. The van der Waals surface area contributed by atoms with E-state index in [0.717, 1.165) is 25.1 Å². The van der Waals surface area contributed by atoms with Crippen molar-refractivity contribution in [2.75, 3.05) is 32.9 Å². The summed E-state index contributed by atoms with van der Waals surface area (Å²) in [6.07, 6.45) is 0.880. The highest BCUT2D eigenvalue weighted by Gasteiger charge is 2.09. The van der Waals surface area contributed by atoms with Crippen molar-refractivity contribution in [1.29, 1.82) is 0 Å². The first-order chi connectivity index (χ1) is 12.7. The van der Waals surface area contributed by atoms with Crippen molar-refractivity contribution in [2.45, 2.75) is 19.3 Å². The van der Waals surface area contributed by atoms with Gasteiger partial charge < -0.3 is 19.9 Å². The van der Waals surface area contributed by atoms with Crippen LogP contribution in [0.25, 0.3) is 0 Å². The average Bonchev–Trinajstić information content (AvgIpc) is 2.68. The maximum absolute atomic E-state index is 11.3. The van der Waals surface area contributed by atoms with E-state index in [9.17, 15) is 9.90 Å². The molecule has 2 rings (SSSR count). The van der Waals surface area contributed by atoms with Crippen LogP contribution in [-0.4, -0.2) is 44.0 Å². The van der Waals surface area contributed by atoms with Gasteiger partial charge in [-0.15, -0.1) is 0 Å². The molecule has 140 valence electrons. The molecule has 2 N–H and O–H groups in total. The minimum absolute atomic E-state index is 0.0726. The molecule has 5 nitrogen and oxygen atoms in total. The lowest BCUT2D eigenvalue weighted by Gasteiger charge is -2.15. The van der Waals surface area contributed by atoms with E-state index in [4.69, 9.17) is 9.47 Å². The smallest absolute Gasteiger partial charge is 0.344 e. The first-order valence-electron chi connectivity index (χ1n) is 8.96. The van der Waals surface area contributed by atoms with Gasteiger partial charge in [0.15, 0.2) is 6.61 Å². The van der Waals surface area contributed by atoms with E-state index in [1.54, 1.807) is 6.92 Å². The molecule has 0 aromatic heterocycles. The molecule has 5 heteroatoms. The van der Waals surface area contributed by atoms with Gasteiger partial charge in [0.1, 0.15) is 5.75 Å². The van der Waals surface area contributed by atoms with Crippen molar-refractivity contribution >= 4 is 5.97 Å². The third-order valence-electron chi connectivity index (χ3n) is 4.06. The number of nitrogens with one attached hydrogen (secondary N) is 1. The molecule has 0 amide bonds. The number of benzene rings is 2. The third-order valence-corrected chi connectivity index (χ3v) is 4.06. The Morgan fingerprint density at radius 2 is 1.85 bits per heavy atom. The molecule has 0 heterocycles. The molecule has 0 saturated heterocycles. The molecule has 0 spiro atoms. The lowest BCUT2D eigenvalue weighted by atomic mass is 10.00. The van der Waals surface area contributed by atoms with Crippen molar-refractivity contribution in [3.05, 3.63) is 65.7 Å². The largest absolute Gasteiger partial charge is 0.482 e. The molecule has 0 aliphatic heterocycles. The van der Waals surface area contributed by atoms with Crippen molar-refractivity contribution in [2.24, 2.45) is 0 Å². The highest BCUT2D eigenvalue weighted by atomic mass is 16.6. The summed E-state index contributed by atoms with van der Waals surface area (Å²) < 4.78 is 10.2. The van der Waals surface area contributed by atoms with E-state index in [1.165, 1.54) is 5.56 Å². The fourth-order valence-corrected chi connectivity index (χ4v) is 2.62. The van der Waals surface area contributed by atoms with Crippen LogP contribution in [0.4, 0.5) is 0 Å². The number of hydrogen-bond donors (Lipinski definition) is 2. The van der Waals surface area contributed by atoms with E-state index in [0.29, 0.717) is 12.4 Å². The van der Waals surface area contributed by atoms with Crippen LogP contribution in [0.2, 0.25) is 0 Å². The molecule has 0 radical (unpaired) electrons. The number of esters is 1. The quantitative estimate of drug-likeness (QED) is 0.478. The van der Waals surface area contributed by atoms with Crippen molar-refractivity contribution in [1.82, 2.24) is 5.32 Å². The fraction of sp³-hybridized carbons (Fsp3) is 0.381. The molecule has 0 bridgehead atoms. The number of hydrogen-bond acceptors (Lipinski definition) is 5. The topological polar surface area (TPSA) is 67.8 Å². The highest BCUT2D eigenvalue weighted by molar-refractivity contribution is 5.71. The summed E-state index contributed by atoms with van der Waals surface area (Å²) in [5.41, 5.74) is 2.33. The summed E-state index contributed by atoms with van der Waals surface area (Å²) in [7, 11) is 0. The van der Waals surface area contributed by atoms with Gasteiger partial charge >= 0.3 is 5.97 Å². The van der Waals surface area contributed by atoms with Gasteiger partial charge in [-0.1, -0.05) is 42.5 Å². The zero-order valence-electron chi connectivity index (χ0n) is 15.2. The van der Waals surface area contributed by atoms with Crippen LogP contribution in [0.3, 0.4) is 0 Å². The number of aliphatic hydroxyl groups is 1. The van der Waals surface area contributed by atoms with E-state index < -0.39 is 0 Å². The molecule has 0 saturated carbocycles. The van der Waals surface area contributed by atoms with Crippen LogP contribution in [0, 0.1) is 0 Å². The van der Waals surface area contributed by atoms with Crippen molar-refractivity contribution in [3.63, 3.8) is 0 Å². The molecule has 0 aliphatic rings. The maximum atomic E-state index is 11.3. The lowest BCUT2D eigenvalue weighted by molar-refractivity contribution is -0.145. The lowest BCUT2D eigenvalue weighted by Crippen LogP contribution is -2.25. The van der Waals surface area contributed by atoms with Crippen LogP contribution < -0.4 is 10.1 Å². The molecule has 26 heavy (non-hydrogen) atoms. The Morgan fingerprint density at radius 1 is 1.12 bits per heavy atom. The zero-order chi connectivity index (χ0) is 18.6. The Bertz CT molecular complexity index is 643. The van der Waals surface area contributed by atoms with E-state index in [2.05, 4.69) is 5.32 Å². The number of ether oxygens (including phenoxy) is 2. The molecule has 2 aromatic rings. The number of carbonyl (C=O) groups is 1. The third kappa shape index (κ3) is 6.86. The van der Waals surface area contributed by atoms with Crippen LogP contribution in [0.5, 0.6) is 5.75 Å². The monoisotopic (exact) mass is 357 g/mol.